The lowest BCUT2D eigenvalue weighted by Crippen LogP contribution is -2.47. The van der Waals surface area contributed by atoms with Crippen molar-refractivity contribution in [2.45, 2.75) is 19.4 Å². The van der Waals surface area contributed by atoms with E-state index in [0.29, 0.717) is 0 Å². The summed E-state index contributed by atoms with van der Waals surface area (Å²) in [6, 6.07) is -1.68. The maximum atomic E-state index is 11.2. The molecule has 100 valence electrons. The van der Waals surface area contributed by atoms with Gasteiger partial charge in [0.15, 0.2) is 0 Å². The van der Waals surface area contributed by atoms with Gasteiger partial charge in [-0.25, -0.2) is 22.7 Å². The van der Waals surface area contributed by atoms with Gasteiger partial charge in [0.05, 0.1) is 5.75 Å². The summed E-state index contributed by atoms with van der Waals surface area (Å²) in [5, 5.41) is 13.1. The molecule has 8 nitrogen and oxygen atoms in total. The first kappa shape index (κ1) is 15.7. The second-order valence-corrected chi connectivity index (χ2v) is 5.27. The van der Waals surface area contributed by atoms with E-state index in [1.807, 2.05) is 0 Å². The molecule has 4 N–H and O–H groups in total. The third-order valence-electron chi connectivity index (χ3n) is 1.98. The molecule has 1 atom stereocenters. The Morgan fingerprint density at radius 3 is 2.35 bits per heavy atom. The fraction of sp³-hybridized carbons (Fsp3) is 0.750. The maximum Gasteiger partial charge on any atom is 0.326 e. The summed E-state index contributed by atoms with van der Waals surface area (Å²) in [5.41, 5.74) is 0. The molecule has 0 saturated carbocycles. The summed E-state index contributed by atoms with van der Waals surface area (Å²) in [6.07, 6.45) is 0.248. The molecule has 9 heteroatoms. The quantitative estimate of drug-likeness (QED) is 0.456. The molecule has 0 rings (SSSR count). The van der Waals surface area contributed by atoms with Crippen LogP contribution in [0.25, 0.3) is 0 Å². The fourth-order valence-corrected chi connectivity index (χ4v) is 1.52. The van der Waals surface area contributed by atoms with E-state index in [4.69, 9.17) is 5.11 Å². The lowest BCUT2D eigenvalue weighted by molar-refractivity contribution is -0.139. The third kappa shape index (κ3) is 6.74. The zero-order valence-electron chi connectivity index (χ0n) is 9.69. The molecule has 0 saturated heterocycles. The van der Waals surface area contributed by atoms with Crippen molar-refractivity contribution in [2.24, 2.45) is 0 Å². The number of carboxylic acids is 1. The Labute approximate surface area is 99.8 Å². The normalized spacial score (nSPS) is 12.8. The maximum absolute atomic E-state index is 11.2. The van der Waals surface area contributed by atoms with Crippen molar-refractivity contribution in [3.05, 3.63) is 0 Å². The summed E-state index contributed by atoms with van der Waals surface area (Å²) in [7, 11) is -2.10. The molecule has 0 spiro atoms. The van der Waals surface area contributed by atoms with Gasteiger partial charge in [0.25, 0.3) is 0 Å². The highest BCUT2D eigenvalue weighted by Crippen LogP contribution is 1.90. The van der Waals surface area contributed by atoms with Gasteiger partial charge in [-0.15, -0.1) is 0 Å². The van der Waals surface area contributed by atoms with E-state index in [2.05, 4.69) is 15.4 Å². The number of nitrogens with one attached hydrogen (secondary N) is 3. The highest BCUT2D eigenvalue weighted by molar-refractivity contribution is 7.89. The average Bonchev–Trinajstić information content (AvgIpc) is 2.25. The summed E-state index contributed by atoms with van der Waals surface area (Å²) in [5.74, 6) is -1.40. The molecule has 0 aromatic rings. The van der Waals surface area contributed by atoms with Gasteiger partial charge in [0.1, 0.15) is 6.04 Å². The molecular formula is C8H17N3O5S. The molecule has 0 fully saturated rings. The molecule has 0 aromatic carbocycles. The summed E-state index contributed by atoms with van der Waals surface area (Å²) >= 11 is 0. The monoisotopic (exact) mass is 267 g/mol. The molecule has 2 amide bonds. The van der Waals surface area contributed by atoms with Gasteiger partial charge in [-0.1, -0.05) is 6.92 Å². The van der Waals surface area contributed by atoms with E-state index in [1.165, 1.54) is 7.05 Å². The van der Waals surface area contributed by atoms with Crippen LogP contribution in [-0.2, 0) is 14.8 Å². The zero-order chi connectivity index (χ0) is 13.5. The first-order valence-electron chi connectivity index (χ1n) is 5.00. The van der Waals surface area contributed by atoms with Crippen molar-refractivity contribution in [2.75, 3.05) is 19.3 Å². The van der Waals surface area contributed by atoms with E-state index in [1.54, 1.807) is 6.92 Å². The van der Waals surface area contributed by atoms with Crippen LogP contribution in [0, 0.1) is 0 Å². The van der Waals surface area contributed by atoms with Crippen LogP contribution >= 0.6 is 0 Å². The minimum atomic E-state index is -3.37. The molecule has 0 radical (unpaired) electrons. The van der Waals surface area contributed by atoms with Crippen molar-refractivity contribution in [3.8, 4) is 0 Å². The van der Waals surface area contributed by atoms with E-state index < -0.39 is 28.1 Å². The number of carbonyl (C=O) groups is 2. The molecule has 0 heterocycles. The molecule has 0 aliphatic rings. The van der Waals surface area contributed by atoms with Crippen LogP contribution in [0.4, 0.5) is 4.79 Å². The van der Waals surface area contributed by atoms with Crippen LogP contribution in [0.1, 0.15) is 13.3 Å². The first-order chi connectivity index (χ1) is 7.82. The van der Waals surface area contributed by atoms with E-state index in [0.717, 1.165) is 0 Å². The van der Waals surface area contributed by atoms with Gasteiger partial charge < -0.3 is 15.7 Å². The Morgan fingerprint density at radius 2 is 1.94 bits per heavy atom. The molecule has 0 aliphatic carbocycles. The van der Waals surface area contributed by atoms with E-state index in [-0.39, 0.29) is 18.7 Å². The summed E-state index contributed by atoms with van der Waals surface area (Å²) < 4.78 is 24.1. The first-order valence-corrected chi connectivity index (χ1v) is 6.66. The number of hydrogen-bond donors (Lipinski definition) is 4. The van der Waals surface area contributed by atoms with Crippen molar-refractivity contribution >= 4 is 22.0 Å². The predicted molar refractivity (Wildman–Crippen MR) is 61.1 cm³/mol. The van der Waals surface area contributed by atoms with Gasteiger partial charge in [0, 0.05) is 6.54 Å². The average molecular weight is 267 g/mol. The Morgan fingerprint density at radius 1 is 1.35 bits per heavy atom. The van der Waals surface area contributed by atoms with Crippen LogP contribution in [-0.4, -0.2) is 50.9 Å². The summed E-state index contributed by atoms with van der Waals surface area (Å²) in [6.45, 7) is 1.52. The van der Waals surface area contributed by atoms with Gasteiger partial charge in [-0.2, -0.15) is 0 Å². The molecule has 17 heavy (non-hydrogen) atoms. The number of hydrogen-bond acceptors (Lipinski definition) is 4. The predicted octanol–water partition coefficient (Wildman–Crippen LogP) is -1.30. The fourth-order valence-electron chi connectivity index (χ4n) is 0.949. The minimum Gasteiger partial charge on any atom is -0.480 e. The number of carbonyl (C=O) groups excluding carboxylic acids is 1. The number of sulfonamides is 1. The Bertz CT molecular complexity index is 367. The Balaban J connectivity index is 4.00. The van der Waals surface area contributed by atoms with Crippen LogP contribution in [0.15, 0.2) is 0 Å². The number of amides is 2. The van der Waals surface area contributed by atoms with Gasteiger partial charge in [-0.05, 0) is 13.5 Å². The lowest BCUT2D eigenvalue weighted by atomic mass is 10.2. The molecule has 0 aliphatic heterocycles. The van der Waals surface area contributed by atoms with Crippen molar-refractivity contribution in [3.63, 3.8) is 0 Å². The van der Waals surface area contributed by atoms with E-state index >= 15 is 0 Å². The minimum absolute atomic E-state index is 0.0922. The van der Waals surface area contributed by atoms with Crippen LogP contribution in [0.3, 0.4) is 0 Å². The molecule has 0 bridgehead atoms. The number of rotatable bonds is 7. The largest absolute Gasteiger partial charge is 0.480 e. The molecule has 0 unspecified atom stereocenters. The third-order valence-corrected chi connectivity index (χ3v) is 3.34. The van der Waals surface area contributed by atoms with Gasteiger partial charge >= 0.3 is 12.0 Å². The second kappa shape index (κ2) is 7.07. The number of carboxylic acid groups (broad SMARTS) is 1. The van der Waals surface area contributed by atoms with Crippen LogP contribution in [0.2, 0.25) is 0 Å². The molecule has 0 aromatic heterocycles. The second-order valence-electron chi connectivity index (χ2n) is 3.22. The summed E-state index contributed by atoms with van der Waals surface area (Å²) in [4.78, 5) is 21.8. The highest BCUT2D eigenvalue weighted by atomic mass is 32.2. The Hall–Kier alpha value is -1.35. The van der Waals surface area contributed by atoms with Crippen LogP contribution in [0.5, 0.6) is 0 Å². The Kier molecular flexibility index (Phi) is 6.51. The standard InChI is InChI=1S/C8H17N3O5S/c1-3-6(7(12)13)11-8(14)10-4-5-17(15,16)9-2/h6,9H,3-5H2,1-2H3,(H,12,13)(H2,10,11,14)/t6-/m0/s1. The van der Waals surface area contributed by atoms with Crippen molar-refractivity contribution in [1.29, 1.82) is 0 Å². The number of urea groups is 1. The number of aliphatic carboxylic acids is 1. The van der Waals surface area contributed by atoms with Crippen LogP contribution < -0.4 is 15.4 Å². The zero-order valence-corrected chi connectivity index (χ0v) is 10.5. The molecular weight excluding hydrogens is 250 g/mol. The highest BCUT2D eigenvalue weighted by Gasteiger charge is 2.17. The van der Waals surface area contributed by atoms with Crippen molar-refractivity contribution in [1.82, 2.24) is 15.4 Å². The SMILES string of the molecule is CC[C@H](NC(=O)NCCS(=O)(=O)NC)C(=O)O. The van der Waals surface area contributed by atoms with Gasteiger partial charge in [-0.3, -0.25) is 0 Å². The van der Waals surface area contributed by atoms with Gasteiger partial charge in [0.2, 0.25) is 10.0 Å². The van der Waals surface area contributed by atoms with Crippen molar-refractivity contribution < 1.29 is 23.1 Å². The lowest BCUT2D eigenvalue weighted by Gasteiger charge is -2.12. The van der Waals surface area contributed by atoms with E-state index in [9.17, 15) is 18.0 Å². The smallest absolute Gasteiger partial charge is 0.326 e. The topological polar surface area (TPSA) is 125 Å².